The number of para-hydroxylation sites is 1. The number of rotatable bonds is 4. The number of amides is 1. The molecular weight excluding hydrogens is 298 g/mol. The number of nitriles is 1. The standard InChI is InChI=1S/C20H21N3O/c1-13-9-15(3)19(16(4)10-13)22-12-17(11-21)20(24)23-18-8-6-5-7-14(18)2/h5-10,12,22H,1-4H3,(H,23,24)/b17-12-. The van der Waals surface area contributed by atoms with E-state index in [0.717, 1.165) is 22.4 Å². The number of hydrogen-bond acceptors (Lipinski definition) is 3. The number of carbonyl (C=O) groups excluding carboxylic acids is 1. The Morgan fingerprint density at radius 3 is 2.25 bits per heavy atom. The van der Waals surface area contributed by atoms with Crippen molar-refractivity contribution in [3.63, 3.8) is 0 Å². The molecular formula is C20H21N3O. The van der Waals surface area contributed by atoms with Crippen molar-refractivity contribution in [1.29, 1.82) is 5.26 Å². The van der Waals surface area contributed by atoms with Gasteiger partial charge in [-0.15, -0.1) is 0 Å². The Hall–Kier alpha value is -3.06. The predicted molar refractivity (Wildman–Crippen MR) is 97.8 cm³/mol. The highest BCUT2D eigenvalue weighted by molar-refractivity contribution is 6.07. The molecule has 122 valence electrons. The number of hydrogen-bond donors (Lipinski definition) is 2. The maximum atomic E-state index is 12.3. The van der Waals surface area contributed by atoms with Crippen LogP contribution >= 0.6 is 0 Å². The number of benzene rings is 2. The first-order valence-electron chi connectivity index (χ1n) is 7.74. The topological polar surface area (TPSA) is 64.9 Å². The van der Waals surface area contributed by atoms with E-state index in [1.165, 1.54) is 11.8 Å². The van der Waals surface area contributed by atoms with E-state index < -0.39 is 5.91 Å². The minimum Gasteiger partial charge on any atom is -0.360 e. The molecule has 0 unspecified atom stereocenters. The van der Waals surface area contributed by atoms with E-state index in [1.54, 1.807) is 0 Å². The molecule has 4 nitrogen and oxygen atoms in total. The third-order valence-electron chi connectivity index (χ3n) is 3.80. The number of carbonyl (C=O) groups is 1. The highest BCUT2D eigenvalue weighted by atomic mass is 16.1. The molecule has 0 aliphatic carbocycles. The normalized spacial score (nSPS) is 10.9. The van der Waals surface area contributed by atoms with Crippen molar-refractivity contribution in [3.05, 3.63) is 70.4 Å². The molecule has 0 aliphatic heterocycles. The monoisotopic (exact) mass is 319 g/mol. The molecule has 2 aromatic carbocycles. The van der Waals surface area contributed by atoms with Gasteiger partial charge >= 0.3 is 0 Å². The van der Waals surface area contributed by atoms with Gasteiger partial charge in [-0.2, -0.15) is 5.26 Å². The van der Waals surface area contributed by atoms with Crippen LogP contribution in [0.15, 0.2) is 48.2 Å². The van der Waals surface area contributed by atoms with E-state index in [2.05, 4.69) is 22.8 Å². The summed E-state index contributed by atoms with van der Waals surface area (Å²) >= 11 is 0. The molecule has 0 saturated heterocycles. The molecule has 4 heteroatoms. The van der Waals surface area contributed by atoms with Gasteiger partial charge in [-0.05, 0) is 50.5 Å². The van der Waals surface area contributed by atoms with Crippen molar-refractivity contribution in [2.24, 2.45) is 0 Å². The van der Waals surface area contributed by atoms with E-state index in [9.17, 15) is 10.1 Å². The lowest BCUT2D eigenvalue weighted by Crippen LogP contribution is -2.15. The van der Waals surface area contributed by atoms with Gasteiger partial charge < -0.3 is 10.6 Å². The molecule has 0 fully saturated rings. The summed E-state index contributed by atoms with van der Waals surface area (Å²) in [6, 6.07) is 13.5. The number of anilines is 2. The van der Waals surface area contributed by atoms with Crippen LogP contribution in [0.3, 0.4) is 0 Å². The summed E-state index contributed by atoms with van der Waals surface area (Å²) < 4.78 is 0. The van der Waals surface area contributed by atoms with Crippen LogP contribution in [0.25, 0.3) is 0 Å². The SMILES string of the molecule is Cc1cc(C)c(N/C=C(/C#N)C(=O)Nc2ccccc2C)c(C)c1. The van der Waals surface area contributed by atoms with Gasteiger partial charge in [-0.25, -0.2) is 0 Å². The second-order valence-corrected chi connectivity index (χ2v) is 5.86. The maximum absolute atomic E-state index is 12.3. The van der Waals surface area contributed by atoms with Gasteiger partial charge in [-0.3, -0.25) is 4.79 Å². The van der Waals surface area contributed by atoms with Crippen molar-refractivity contribution < 1.29 is 4.79 Å². The summed E-state index contributed by atoms with van der Waals surface area (Å²) in [7, 11) is 0. The van der Waals surface area contributed by atoms with Crippen LogP contribution in [0.5, 0.6) is 0 Å². The molecule has 0 radical (unpaired) electrons. The number of aryl methyl sites for hydroxylation is 4. The summed E-state index contributed by atoms with van der Waals surface area (Å²) in [5.74, 6) is -0.429. The van der Waals surface area contributed by atoms with Gasteiger partial charge in [0.2, 0.25) is 0 Å². The van der Waals surface area contributed by atoms with Gasteiger partial charge in [0, 0.05) is 17.6 Å². The Morgan fingerprint density at radius 1 is 1.04 bits per heavy atom. The first-order valence-corrected chi connectivity index (χ1v) is 7.74. The summed E-state index contributed by atoms with van der Waals surface area (Å²) in [5.41, 5.74) is 5.90. The van der Waals surface area contributed by atoms with Crippen molar-refractivity contribution in [2.45, 2.75) is 27.7 Å². The molecule has 2 aromatic rings. The Kier molecular flexibility index (Phi) is 5.39. The Morgan fingerprint density at radius 2 is 1.67 bits per heavy atom. The Bertz CT molecular complexity index is 821. The lowest BCUT2D eigenvalue weighted by molar-refractivity contribution is -0.112. The molecule has 0 aliphatic rings. The second-order valence-electron chi connectivity index (χ2n) is 5.86. The van der Waals surface area contributed by atoms with Gasteiger partial charge in [0.1, 0.15) is 11.6 Å². The zero-order chi connectivity index (χ0) is 17.7. The molecule has 0 aromatic heterocycles. The fraction of sp³-hybridized carbons (Fsp3) is 0.200. The summed E-state index contributed by atoms with van der Waals surface area (Å²) in [5, 5.41) is 15.1. The van der Waals surface area contributed by atoms with Crippen molar-refractivity contribution >= 4 is 17.3 Å². The smallest absolute Gasteiger partial charge is 0.267 e. The van der Waals surface area contributed by atoms with E-state index in [0.29, 0.717) is 5.69 Å². The van der Waals surface area contributed by atoms with E-state index in [4.69, 9.17) is 0 Å². The summed E-state index contributed by atoms with van der Waals surface area (Å²) in [6.07, 6.45) is 1.46. The van der Waals surface area contributed by atoms with Crippen molar-refractivity contribution in [1.82, 2.24) is 0 Å². The second kappa shape index (κ2) is 7.47. The molecule has 0 atom stereocenters. The quantitative estimate of drug-likeness (QED) is 0.649. The Labute approximate surface area is 142 Å². The van der Waals surface area contributed by atoms with Crippen LogP contribution in [0.2, 0.25) is 0 Å². The third-order valence-corrected chi connectivity index (χ3v) is 3.80. The lowest BCUT2D eigenvalue weighted by Gasteiger charge is -2.12. The minimum absolute atomic E-state index is 0.0256. The van der Waals surface area contributed by atoms with Crippen LogP contribution in [0.1, 0.15) is 22.3 Å². The molecule has 0 heterocycles. The lowest BCUT2D eigenvalue weighted by atomic mass is 10.1. The van der Waals surface area contributed by atoms with Gasteiger partial charge in [0.25, 0.3) is 5.91 Å². The maximum Gasteiger partial charge on any atom is 0.267 e. The van der Waals surface area contributed by atoms with Crippen LogP contribution in [-0.4, -0.2) is 5.91 Å². The van der Waals surface area contributed by atoms with Crippen LogP contribution in [0, 0.1) is 39.0 Å². The van der Waals surface area contributed by atoms with Crippen molar-refractivity contribution in [2.75, 3.05) is 10.6 Å². The summed E-state index contributed by atoms with van der Waals surface area (Å²) in [4.78, 5) is 12.3. The number of nitrogens with one attached hydrogen (secondary N) is 2. The van der Waals surface area contributed by atoms with Gasteiger partial charge in [0.05, 0.1) is 0 Å². The zero-order valence-corrected chi connectivity index (χ0v) is 14.4. The molecule has 0 saturated carbocycles. The minimum atomic E-state index is -0.429. The fourth-order valence-electron chi connectivity index (χ4n) is 2.60. The number of nitrogens with zero attached hydrogens (tertiary/aromatic N) is 1. The zero-order valence-electron chi connectivity index (χ0n) is 14.4. The van der Waals surface area contributed by atoms with E-state index >= 15 is 0 Å². The first kappa shape index (κ1) is 17.3. The van der Waals surface area contributed by atoms with Crippen molar-refractivity contribution in [3.8, 4) is 6.07 Å². The molecule has 2 rings (SSSR count). The Balaban J connectivity index is 2.20. The van der Waals surface area contributed by atoms with Crippen LogP contribution in [0.4, 0.5) is 11.4 Å². The van der Waals surface area contributed by atoms with E-state index in [-0.39, 0.29) is 5.57 Å². The van der Waals surface area contributed by atoms with Gasteiger partial charge in [0.15, 0.2) is 0 Å². The molecule has 0 bridgehead atoms. The average Bonchev–Trinajstić information content (AvgIpc) is 2.52. The van der Waals surface area contributed by atoms with E-state index in [1.807, 2.05) is 58.0 Å². The fourth-order valence-corrected chi connectivity index (χ4v) is 2.60. The first-order chi connectivity index (χ1) is 11.4. The van der Waals surface area contributed by atoms with Crippen LogP contribution in [-0.2, 0) is 4.79 Å². The van der Waals surface area contributed by atoms with Gasteiger partial charge in [-0.1, -0.05) is 35.9 Å². The third kappa shape index (κ3) is 4.02. The molecule has 0 spiro atoms. The summed E-state index contributed by atoms with van der Waals surface area (Å²) in [6.45, 7) is 7.93. The highest BCUT2D eigenvalue weighted by Gasteiger charge is 2.11. The molecule has 24 heavy (non-hydrogen) atoms. The average molecular weight is 319 g/mol. The largest absolute Gasteiger partial charge is 0.360 e. The molecule has 2 N–H and O–H groups in total. The van der Waals surface area contributed by atoms with Crippen LogP contribution < -0.4 is 10.6 Å². The predicted octanol–water partition coefficient (Wildman–Crippen LogP) is 4.38. The highest BCUT2D eigenvalue weighted by Crippen LogP contribution is 2.22. The molecule has 1 amide bonds.